The van der Waals surface area contributed by atoms with Crippen LogP contribution in [-0.2, 0) is 10.8 Å². The van der Waals surface area contributed by atoms with E-state index in [1.165, 1.54) is 38.9 Å². The van der Waals surface area contributed by atoms with Gasteiger partial charge in [-0.15, -0.1) is 10.2 Å². The van der Waals surface area contributed by atoms with Crippen LogP contribution in [0, 0.1) is 33.1 Å². The van der Waals surface area contributed by atoms with Crippen LogP contribution >= 0.6 is 0 Å². The summed E-state index contributed by atoms with van der Waals surface area (Å²) in [5.74, 6) is 1.87. The molecule has 0 saturated carbocycles. The summed E-state index contributed by atoms with van der Waals surface area (Å²) in [6, 6.07) is 20.1. The molecule has 3 heteroatoms. The van der Waals surface area contributed by atoms with Crippen molar-refractivity contribution >= 4 is 0 Å². The van der Waals surface area contributed by atoms with Crippen molar-refractivity contribution in [3.05, 3.63) is 88.2 Å². The molecule has 200 valence electrons. The molecule has 4 rings (SSSR count). The van der Waals surface area contributed by atoms with E-state index < -0.39 is 0 Å². The Morgan fingerprint density at radius 3 is 1.79 bits per heavy atom. The molecule has 0 aliphatic carbocycles. The fourth-order valence-electron chi connectivity index (χ4n) is 5.16. The van der Waals surface area contributed by atoms with Gasteiger partial charge in [0, 0.05) is 11.0 Å². The maximum atomic E-state index is 4.86. The number of aryl methyl sites for hydroxylation is 4. The number of nitrogens with zero attached hydrogens (tertiary/aromatic N) is 3. The lowest BCUT2D eigenvalue weighted by molar-refractivity contribution is 0.211. The van der Waals surface area contributed by atoms with Gasteiger partial charge in [-0.05, 0) is 84.0 Å². The van der Waals surface area contributed by atoms with Crippen LogP contribution in [0.15, 0.2) is 54.6 Å². The highest BCUT2D eigenvalue weighted by atomic mass is 15.3. The summed E-state index contributed by atoms with van der Waals surface area (Å²) < 4.78 is 2.29. The van der Waals surface area contributed by atoms with E-state index in [2.05, 4.69) is 142 Å². The van der Waals surface area contributed by atoms with Crippen LogP contribution in [0.25, 0.3) is 28.2 Å². The van der Waals surface area contributed by atoms with Gasteiger partial charge in [-0.1, -0.05) is 103 Å². The predicted octanol–water partition coefficient (Wildman–Crippen LogP) is 9.46. The van der Waals surface area contributed by atoms with Gasteiger partial charge in [0.15, 0.2) is 5.82 Å². The van der Waals surface area contributed by atoms with Crippen molar-refractivity contribution in [2.45, 2.75) is 93.9 Å². The highest BCUT2D eigenvalue weighted by molar-refractivity contribution is 5.76. The van der Waals surface area contributed by atoms with Gasteiger partial charge in [0.25, 0.3) is 0 Å². The van der Waals surface area contributed by atoms with Gasteiger partial charge in [-0.2, -0.15) is 0 Å². The zero-order valence-electron chi connectivity index (χ0n) is 25.5. The quantitative estimate of drug-likeness (QED) is 0.275. The van der Waals surface area contributed by atoms with Crippen LogP contribution in [0.2, 0.25) is 0 Å². The zero-order valence-corrected chi connectivity index (χ0v) is 25.5. The molecule has 0 atom stereocenters. The second-order valence-corrected chi connectivity index (χ2v) is 13.7. The molecular weight excluding hydrogens is 462 g/mol. The highest BCUT2D eigenvalue weighted by Crippen LogP contribution is 2.43. The van der Waals surface area contributed by atoms with Crippen molar-refractivity contribution in [1.29, 1.82) is 0 Å². The smallest absolute Gasteiger partial charge is 0.168 e. The van der Waals surface area contributed by atoms with Crippen molar-refractivity contribution in [3.63, 3.8) is 0 Å². The van der Waals surface area contributed by atoms with E-state index in [1.807, 2.05) is 0 Å². The molecule has 0 aliphatic rings. The predicted molar refractivity (Wildman–Crippen MR) is 162 cm³/mol. The minimum Gasteiger partial charge on any atom is -0.278 e. The van der Waals surface area contributed by atoms with Crippen LogP contribution in [0.5, 0.6) is 0 Å². The molecule has 0 spiro atoms. The van der Waals surface area contributed by atoms with Gasteiger partial charge >= 0.3 is 0 Å². The first-order chi connectivity index (χ1) is 17.5. The van der Waals surface area contributed by atoms with E-state index in [4.69, 9.17) is 10.2 Å². The van der Waals surface area contributed by atoms with Gasteiger partial charge in [-0.3, -0.25) is 4.57 Å². The first-order valence-electron chi connectivity index (χ1n) is 13.8. The second kappa shape index (κ2) is 9.52. The lowest BCUT2D eigenvalue weighted by atomic mass is 9.68. The van der Waals surface area contributed by atoms with Crippen molar-refractivity contribution in [3.8, 4) is 28.2 Å². The number of rotatable bonds is 4. The average molecular weight is 508 g/mol. The lowest BCUT2D eigenvalue weighted by Crippen LogP contribution is -2.36. The van der Waals surface area contributed by atoms with Crippen LogP contribution in [0.4, 0.5) is 0 Å². The minimum atomic E-state index is -0.205. The van der Waals surface area contributed by atoms with E-state index in [0.717, 1.165) is 22.9 Å². The van der Waals surface area contributed by atoms with E-state index in [-0.39, 0.29) is 16.2 Å². The molecule has 1 heterocycles. The van der Waals surface area contributed by atoms with Crippen LogP contribution in [-0.4, -0.2) is 14.8 Å². The van der Waals surface area contributed by atoms with Crippen LogP contribution in [0.1, 0.15) is 89.0 Å². The number of hydrogen-bond donors (Lipinski definition) is 0. The van der Waals surface area contributed by atoms with Crippen molar-refractivity contribution in [2.24, 2.45) is 5.41 Å². The molecule has 0 amide bonds. The fourth-order valence-corrected chi connectivity index (χ4v) is 5.16. The summed E-state index contributed by atoms with van der Waals surface area (Å²) >= 11 is 0. The van der Waals surface area contributed by atoms with Crippen LogP contribution in [0.3, 0.4) is 0 Å². The summed E-state index contributed by atoms with van der Waals surface area (Å²) in [7, 11) is 0. The topological polar surface area (TPSA) is 30.7 Å². The Hall–Kier alpha value is -3.20. The highest BCUT2D eigenvalue weighted by Gasteiger charge is 2.40. The van der Waals surface area contributed by atoms with E-state index in [0.29, 0.717) is 0 Å². The monoisotopic (exact) mass is 507 g/mol. The van der Waals surface area contributed by atoms with E-state index in [1.54, 1.807) is 0 Å². The molecular formula is C35H45N3. The second-order valence-electron chi connectivity index (χ2n) is 13.7. The van der Waals surface area contributed by atoms with Gasteiger partial charge in [0.2, 0.25) is 0 Å². The molecule has 0 bridgehead atoms. The Balaban J connectivity index is 1.95. The Labute approximate surface area is 230 Å². The number of aromatic nitrogens is 3. The maximum Gasteiger partial charge on any atom is 0.168 e. The maximum absolute atomic E-state index is 4.86. The normalized spacial score (nSPS) is 12.7. The average Bonchev–Trinajstić information content (AvgIpc) is 3.23. The van der Waals surface area contributed by atoms with Crippen molar-refractivity contribution in [1.82, 2.24) is 14.8 Å². The Morgan fingerprint density at radius 1 is 0.632 bits per heavy atom. The SMILES string of the molecule is Cc1ccc(-n2c(-c3cccc(-c4c(C)cc(C(C)(C)C)cc4C)c3)nnc2C(C)(C)C(C)(C)C)c(C)c1. The Morgan fingerprint density at radius 2 is 1.24 bits per heavy atom. The molecule has 0 radical (unpaired) electrons. The molecule has 0 aliphatic heterocycles. The largest absolute Gasteiger partial charge is 0.278 e. The summed E-state index contributed by atoms with van der Waals surface area (Å²) in [5.41, 5.74) is 11.1. The van der Waals surface area contributed by atoms with Crippen molar-refractivity contribution in [2.75, 3.05) is 0 Å². The first kappa shape index (κ1) is 27.8. The summed E-state index contributed by atoms with van der Waals surface area (Å²) in [4.78, 5) is 0. The van der Waals surface area contributed by atoms with E-state index in [9.17, 15) is 0 Å². The summed E-state index contributed by atoms with van der Waals surface area (Å²) in [6.45, 7) is 27.0. The molecule has 0 N–H and O–H groups in total. The molecule has 0 saturated heterocycles. The minimum absolute atomic E-state index is 0.00146. The third-order valence-corrected chi connectivity index (χ3v) is 8.50. The standard InChI is InChI=1S/C35H45N3/c1-22-16-17-29(23(2)18-22)38-31(36-37-32(38)35(11,12)34(8,9)10)27-15-13-14-26(21-27)30-24(3)19-28(20-25(30)4)33(5,6)7/h13-21H,1-12H3. The molecule has 4 aromatic rings. The first-order valence-corrected chi connectivity index (χ1v) is 13.8. The van der Waals surface area contributed by atoms with Gasteiger partial charge in [0.05, 0.1) is 5.69 Å². The number of hydrogen-bond acceptors (Lipinski definition) is 2. The third kappa shape index (κ3) is 4.96. The van der Waals surface area contributed by atoms with Crippen molar-refractivity contribution < 1.29 is 0 Å². The summed E-state index contributed by atoms with van der Waals surface area (Å²) in [6.07, 6.45) is 0. The molecule has 3 aromatic carbocycles. The van der Waals surface area contributed by atoms with Gasteiger partial charge in [0.1, 0.15) is 5.82 Å². The van der Waals surface area contributed by atoms with Gasteiger partial charge < -0.3 is 0 Å². The molecule has 0 fully saturated rings. The third-order valence-electron chi connectivity index (χ3n) is 8.50. The Bertz CT molecular complexity index is 1460. The Kier molecular flexibility index (Phi) is 6.97. The number of benzene rings is 3. The van der Waals surface area contributed by atoms with E-state index >= 15 is 0 Å². The zero-order chi connectivity index (χ0) is 28.2. The molecule has 0 unspecified atom stereocenters. The molecule has 38 heavy (non-hydrogen) atoms. The van der Waals surface area contributed by atoms with Gasteiger partial charge in [-0.25, -0.2) is 0 Å². The molecule has 1 aromatic heterocycles. The summed E-state index contributed by atoms with van der Waals surface area (Å²) in [5, 5.41) is 9.70. The lowest BCUT2D eigenvalue weighted by Gasteiger charge is -2.38. The fraction of sp³-hybridized carbons (Fsp3) is 0.429. The van der Waals surface area contributed by atoms with Crippen LogP contribution < -0.4 is 0 Å². The molecule has 3 nitrogen and oxygen atoms in total.